The third kappa shape index (κ3) is 3.38. The van der Waals surface area contributed by atoms with Gasteiger partial charge in [-0.15, -0.1) is 0 Å². The fourth-order valence-corrected chi connectivity index (χ4v) is 2.90. The van der Waals surface area contributed by atoms with Gasteiger partial charge < -0.3 is 0 Å². The van der Waals surface area contributed by atoms with E-state index in [4.69, 9.17) is 5.26 Å². The van der Waals surface area contributed by atoms with Crippen LogP contribution in [0.15, 0.2) is 47.4 Å². The minimum absolute atomic E-state index is 0.147. The molecule has 0 spiro atoms. The number of aromatic amines is 1. The number of nitrogens with one attached hydrogen (secondary N) is 1. The van der Waals surface area contributed by atoms with Gasteiger partial charge in [0.25, 0.3) is 5.56 Å². The van der Waals surface area contributed by atoms with E-state index in [9.17, 15) is 4.79 Å². The molecular weight excluding hydrogens is 312 g/mol. The highest BCUT2D eigenvalue weighted by Crippen LogP contribution is 2.20. The predicted molar refractivity (Wildman–Crippen MR) is 97.6 cm³/mol. The maximum Gasteiger partial charge on any atom is 0.280 e. The van der Waals surface area contributed by atoms with Crippen LogP contribution in [-0.4, -0.2) is 14.8 Å². The summed E-state index contributed by atoms with van der Waals surface area (Å²) in [5, 5.41) is 12.0. The second-order valence-electron chi connectivity index (χ2n) is 6.56. The highest BCUT2D eigenvalue weighted by Gasteiger charge is 2.15. The van der Waals surface area contributed by atoms with Crippen LogP contribution in [0.1, 0.15) is 30.7 Å². The summed E-state index contributed by atoms with van der Waals surface area (Å²) < 4.78 is 1.46. The lowest BCUT2D eigenvalue weighted by atomic mass is 10.0. The number of aryl methyl sites for hydroxylation is 1. The van der Waals surface area contributed by atoms with Gasteiger partial charge in [-0.1, -0.05) is 32.0 Å². The van der Waals surface area contributed by atoms with E-state index in [0.29, 0.717) is 22.9 Å². The van der Waals surface area contributed by atoms with Gasteiger partial charge >= 0.3 is 0 Å². The Morgan fingerprint density at radius 1 is 1.20 bits per heavy atom. The Bertz CT molecular complexity index is 971. The van der Waals surface area contributed by atoms with Crippen LogP contribution in [0.3, 0.4) is 0 Å². The largest absolute Gasteiger partial charge is 0.293 e. The summed E-state index contributed by atoms with van der Waals surface area (Å²) in [5.74, 6) is 1.13. The fourth-order valence-electron chi connectivity index (χ4n) is 2.90. The molecule has 2 aromatic heterocycles. The van der Waals surface area contributed by atoms with Gasteiger partial charge in [0.15, 0.2) is 5.82 Å². The van der Waals surface area contributed by atoms with Crippen LogP contribution >= 0.6 is 0 Å². The average molecular weight is 332 g/mol. The molecule has 3 aromatic rings. The molecule has 5 nitrogen and oxygen atoms in total. The van der Waals surface area contributed by atoms with Crippen LogP contribution in [0, 0.1) is 24.2 Å². The molecule has 0 atom stereocenters. The third-order valence-corrected chi connectivity index (χ3v) is 4.06. The van der Waals surface area contributed by atoms with Crippen molar-refractivity contribution in [2.75, 3.05) is 0 Å². The average Bonchev–Trinajstić information content (AvgIpc) is 2.90. The molecule has 1 N–H and O–H groups in total. The topological polar surface area (TPSA) is 74.5 Å². The molecule has 0 aliphatic rings. The first-order valence-electron chi connectivity index (χ1n) is 8.27. The quantitative estimate of drug-likeness (QED) is 0.793. The van der Waals surface area contributed by atoms with Crippen molar-refractivity contribution in [3.8, 4) is 23.0 Å². The Labute approximate surface area is 146 Å². The van der Waals surface area contributed by atoms with E-state index in [2.05, 4.69) is 30.0 Å². The molecule has 0 amide bonds. The van der Waals surface area contributed by atoms with Gasteiger partial charge in [0.05, 0.1) is 17.2 Å². The summed E-state index contributed by atoms with van der Waals surface area (Å²) in [7, 11) is 0. The second kappa shape index (κ2) is 6.78. The smallest absolute Gasteiger partial charge is 0.280 e. The lowest BCUT2D eigenvalue weighted by Crippen LogP contribution is -2.17. The maximum atomic E-state index is 12.8. The first kappa shape index (κ1) is 16.7. The lowest BCUT2D eigenvalue weighted by molar-refractivity contribution is 0.645. The van der Waals surface area contributed by atoms with Gasteiger partial charge in [-0.05, 0) is 48.6 Å². The van der Waals surface area contributed by atoms with E-state index in [1.54, 1.807) is 24.3 Å². The highest BCUT2D eigenvalue weighted by atomic mass is 16.1. The van der Waals surface area contributed by atoms with Crippen LogP contribution in [-0.2, 0) is 6.42 Å². The van der Waals surface area contributed by atoms with Crippen LogP contribution in [0.4, 0.5) is 0 Å². The molecule has 0 bridgehead atoms. The Balaban J connectivity index is 1.99. The number of pyridine rings is 1. The molecule has 25 heavy (non-hydrogen) atoms. The van der Waals surface area contributed by atoms with Crippen molar-refractivity contribution < 1.29 is 0 Å². The first-order valence-corrected chi connectivity index (χ1v) is 8.27. The molecule has 0 radical (unpaired) electrons. The summed E-state index contributed by atoms with van der Waals surface area (Å²) in [6.45, 7) is 6.19. The number of H-pyrrole nitrogens is 1. The van der Waals surface area contributed by atoms with Crippen LogP contribution in [0.5, 0.6) is 0 Å². The van der Waals surface area contributed by atoms with E-state index in [1.807, 2.05) is 25.3 Å². The number of nitriles is 1. The minimum Gasteiger partial charge on any atom is -0.293 e. The summed E-state index contributed by atoms with van der Waals surface area (Å²) in [5.41, 5.74) is 3.72. The summed E-state index contributed by atoms with van der Waals surface area (Å²) >= 11 is 0. The number of aromatic nitrogens is 3. The fraction of sp³-hybridized carbons (Fsp3) is 0.250. The summed E-state index contributed by atoms with van der Waals surface area (Å²) in [6, 6.07) is 13.0. The standard InChI is InChI=1S/C20H20N4O/c1-13(2)10-16-6-9-18(22-12-16)24-20(25)19(14(3)23-24)17-7-4-15(11-21)5-8-17/h4-9,12-13,23H,10H2,1-3H3. The van der Waals surface area contributed by atoms with Gasteiger partial charge in [-0.2, -0.15) is 5.26 Å². The summed E-state index contributed by atoms with van der Waals surface area (Å²) in [4.78, 5) is 17.3. The van der Waals surface area contributed by atoms with Crippen LogP contribution < -0.4 is 5.56 Å². The van der Waals surface area contributed by atoms with E-state index in [-0.39, 0.29) is 5.56 Å². The Kier molecular flexibility index (Phi) is 4.53. The third-order valence-electron chi connectivity index (χ3n) is 4.06. The normalized spacial score (nSPS) is 10.8. The van der Waals surface area contributed by atoms with Crippen molar-refractivity contribution in [1.82, 2.24) is 14.8 Å². The molecule has 0 saturated heterocycles. The number of benzene rings is 1. The van der Waals surface area contributed by atoms with Gasteiger partial charge in [-0.25, -0.2) is 9.67 Å². The molecule has 126 valence electrons. The lowest BCUT2D eigenvalue weighted by Gasteiger charge is -2.05. The second-order valence-corrected chi connectivity index (χ2v) is 6.56. The molecular formula is C20H20N4O. The van der Waals surface area contributed by atoms with E-state index in [1.165, 1.54) is 4.68 Å². The van der Waals surface area contributed by atoms with Crippen molar-refractivity contribution in [3.63, 3.8) is 0 Å². The van der Waals surface area contributed by atoms with E-state index >= 15 is 0 Å². The highest BCUT2D eigenvalue weighted by molar-refractivity contribution is 5.66. The van der Waals surface area contributed by atoms with E-state index in [0.717, 1.165) is 23.2 Å². The monoisotopic (exact) mass is 332 g/mol. The van der Waals surface area contributed by atoms with Gasteiger partial charge in [-0.3, -0.25) is 9.89 Å². The summed E-state index contributed by atoms with van der Waals surface area (Å²) in [6.07, 6.45) is 2.78. The Hall–Kier alpha value is -3.13. The number of rotatable bonds is 4. The molecule has 5 heteroatoms. The molecule has 0 fully saturated rings. The molecule has 0 unspecified atom stereocenters. The molecule has 1 aromatic carbocycles. The zero-order chi connectivity index (χ0) is 18.0. The zero-order valence-electron chi connectivity index (χ0n) is 14.6. The van der Waals surface area contributed by atoms with Crippen molar-refractivity contribution in [1.29, 1.82) is 5.26 Å². The number of nitrogens with zero attached hydrogens (tertiary/aromatic N) is 3. The van der Waals surface area contributed by atoms with Gasteiger partial charge in [0.1, 0.15) is 0 Å². The van der Waals surface area contributed by atoms with Gasteiger partial charge in [0.2, 0.25) is 0 Å². The maximum absolute atomic E-state index is 12.8. The van der Waals surface area contributed by atoms with E-state index < -0.39 is 0 Å². The molecule has 0 saturated carbocycles. The number of hydrogen-bond acceptors (Lipinski definition) is 3. The van der Waals surface area contributed by atoms with Crippen LogP contribution in [0.2, 0.25) is 0 Å². The van der Waals surface area contributed by atoms with Gasteiger partial charge in [0, 0.05) is 11.9 Å². The molecule has 2 heterocycles. The minimum atomic E-state index is -0.147. The van der Waals surface area contributed by atoms with Crippen molar-refractivity contribution in [2.45, 2.75) is 27.2 Å². The number of hydrogen-bond donors (Lipinski definition) is 1. The first-order chi connectivity index (χ1) is 12.0. The van der Waals surface area contributed by atoms with Crippen LogP contribution in [0.25, 0.3) is 16.9 Å². The van der Waals surface area contributed by atoms with Crippen molar-refractivity contribution in [2.24, 2.45) is 5.92 Å². The Morgan fingerprint density at radius 3 is 2.48 bits per heavy atom. The Morgan fingerprint density at radius 2 is 1.92 bits per heavy atom. The molecule has 0 aliphatic carbocycles. The molecule has 3 rings (SSSR count). The predicted octanol–water partition coefficient (Wildman–Crippen LogP) is 3.61. The van der Waals surface area contributed by atoms with Crippen molar-refractivity contribution in [3.05, 3.63) is 69.8 Å². The zero-order valence-corrected chi connectivity index (χ0v) is 14.6. The van der Waals surface area contributed by atoms with Crippen molar-refractivity contribution >= 4 is 0 Å². The SMILES string of the molecule is Cc1[nH]n(-c2ccc(CC(C)C)cn2)c(=O)c1-c1ccc(C#N)cc1. The molecule has 0 aliphatic heterocycles.